The van der Waals surface area contributed by atoms with Crippen LogP contribution in [0.25, 0.3) is 0 Å². The van der Waals surface area contributed by atoms with Gasteiger partial charge in [0.25, 0.3) is 5.91 Å². The van der Waals surface area contributed by atoms with Gasteiger partial charge in [-0.3, -0.25) is 9.59 Å². The minimum absolute atomic E-state index is 0.0130. The van der Waals surface area contributed by atoms with E-state index in [4.69, 9.17) is 11.6 Å². The maximum absolute atomic E-state index is 12.4. The van der Waals surface area contributed by atoms with E-state index in [1.54, 1.807) is 16.7 Å². The lowest BCUT2D eigenvalue weighted by Crippen LogP contribution is -2.32. The summed E-state index contributed by atoms with van der Waals surface area (Å²) in [5.41, 5.74) is 1.09. The number of nitrogens with one attached hydrogen (secondary N) is 1. The van der Waals surface area contributed by atoms with Crippen molar-refractivity contribution in [1.82, 2.24) is 10.2 Å². The van der Waals surface area contributed by atoms with Crippen LogP contribution in [-0.4, -0.2) is 35.1 Å². The zero-order valence-corrected chi connectivity index (χ0v) is 14.9. The molecule has 0 saturated carbocycles. The molecule has 4 nitrogen and oxygen atoms in total. The van der Waals surface area contributed by atoms with Crippen molar-refractivity contribution in [2.45, 2.75) is 32.9 Å². The number of hydrogen-bond donors (Lipinski definition) is 1. The molecule has 0 bridgehead atoms. The molecule has 0 spiro atoms. The molecule has 1 aromatic rings. The van der Waals surface area contributed by atoms with E-state index in [9.17, 15) is 9.59 Å². The van der Waals surface area contributed by atoms with Gasteiger partial charge in [0.15, 0.2) is 0 Å². The van der Waals surface area contributed by atoms with E-state index in [0.29, 0.717) is 18.1 Å². The quantitative estimate of drug-likeness (QED) is 0.767. The van der Waals surface area contributed by atoms with Crippen molar-refractivity contribution >= 4 is 35.2 Å². The molecule has 1 aliphatic rings. The molecule has 1 heterocycles. The second-order valence-corrected chi connectivity index (χ2v) is 6.97. The van der Waals surface area contributed by atoms with Gasteiger partial charge in [0.05, 0.1) is 6.04 Å². The fraction of sp³-hybridized carbons (Fsp3) is 0.412. The van der Waals surface area contributed by atoms with Crippen LogP contribution in [0.15, 0.2) is 40.3 Å². The Hall–Kier alpha value is -1.46. The maximum Gasteiger partial charge on any atom is 0.267 e. The summed E-state index contributed by atoms with van der Waals surface area (Å²) >= 11 is 7.85. The molecule has 0 fully saturated rings. The van der Waals surface area contributed by atoms with E-state index in [0.717, 1.165) is 22.6 Å². The molecule has 6 heteroatoms. The Balaban J connectivity index is 1.90. The van der Waals surface area contributed by atoms with Crippen LogP contribution in [0.1, 0.15) is 25.8 Å². The van der Waals surface area contributed by atoms with Crippen molar-refractivity contribution in [3.63, 3.8) is 0 Å². The third-order valence-electron chi connectivity index (χ3n) is 3.66. The molecule has 0 radical (unpaired) electrons. The number of rotatable bonds is 7. The van der Waals surface area contributed by atoms with Gasteiger partial charge in [-0.2, -0.15) is 0 Å². The molecule has 1 atom stereocenters. The van der Waals surface area contributed by atoms with E-state index in [-0.39, 0.29) is 17.9 Å². The summed E-state index contributed by atoms with van der Waals surface area (Å²) in [6, 6.07) is 9.89. The highest BCUT2D eigenvalue weighted by atomic mass is 35.5. The zero-order chi connectivity index (χ0) is 16.8. The van der Waals surface area contributed by atoms with Crippen molar-refractivity contribution < 1.29 is 9.59 Å². The lowest BCUT2D eigenvalue weighted by molar-refractivity contribution is -0.126. The highest BCUT2D eigenvalue weighted by Gasteiger charge is 2.35. The largest absolute Gasteiger partial charge is 0.356 e. The Labute approximate surface area is 146 Å². The minimum Gasteiger partial charge on any atom is -0.356 e. The summed E-state index contributed by atoms with van der Waals surface area (Å²) in [6.07, 6.45) is 0.845. The number of halogens is 1. The number of amides is 2. The molecule has 0 aromatic heterocycles. The Morgan fingerprint density at radius 1 is 1.35 bits per heavy atom. The summed E-state index contributed by atoms with van der Waals surface area (Å²) in [7, 11) is 0. The van der Waals surface area contributed by atoms with Crippen LogP contribution >= 0.6 is 23.4 Å². The fourth-order valence-corrected chi connectivity index (χ4v) is 3.95. The third-order valence-corrected chi connectivity index (χ3v) is 5.49. The number of hydrogen-bond acceptors (Lipinski definition) is 3. The first-order valence-electron chi connectivity index (χ1n) is 7.62. The van der Waals surface area contributed by atoms with Gasteiger partial charge >= 0.3 is 0 Å². The first-order valence-corrected chi connectivity index (χ1v) is 8.99. The van der Waals surface area contributed by atoms with Gasteiger partial charge in [-0.1, -0.05) is 41.9 Å². The van der Waals surface area contributed by atoms with Crippen LogP contribution in [0.2, 0.25) is 0 Å². The van der Waals surface area contributed by atoms with Crippen molar-refractivity contribution in [1.29, 1.82) is 0 Å². The Bertz CT molecular complexity index is 604. The molecule has 1 aliphatic heterocycles. The first-order chi connectivity index (χ1) is 11.0. The van der Waals surface area contributed by atoms with Gasteiger partial charge < -0.3 is 10.2 Å². The third kappa shape index (κ3) is 4.75. The van der Waals surface area contributed by atoms with Gasteiger partial charge in [-0.15, -0.1) is 11.8 Å². The highest BCUT2D eigenvalue weighted by Crippen LogP contribution is 2.37. The molecule has 0 aliphatic carbocycles. The Kier molecular flexibility index (Phi) is 6.54. The lowest BCUT2D eigenvalue weighted by atomic mass is 10.2. The van der Waals surface area contributed by atoms with Gasteiger partial charge in [0, 0.05) is 24.9 Å². The molecule has 1 aromatic carbocycles. The zero-order valence-electron chi connectivity index (χ0n) is 13.3. The van der Waals surface area contributed by atoms with E-state index in [1.165, 1.54) is 6.92 Å². The van der Waals surface area contributed by atoms with Gasteiger partial charge in [-0.25, -0.2) is 0 Å². The van der Waals surface area contributed by atoms with E-state index >= 15 is 0 Å². The molecule has 1 N–H and O–H groups in total. The molecule has 0 saturated heterocycles. The summed E-state index contributed by atoms with van der Waals surface area (Å²) in [4.78, 5) is 25.9. The maximum atomic E-state index is 12.4. The Morgan fingerprint density at radius 2 is 2.04 bits per heavy atom. The number of carbonyl (C=O) groups is 2. The van der Waals surface area contributed by atoms with E-state index in [1.807, 2.05) is 37.3 Å². The summed E-state index contributed by atoms with van der Waals surface area (Å²) in [5, 5.41) is 3.10. The molecular weight excluding hydrogens is 332 g/mol. The van der Waals surface area contributed by atoms with Crippen molar-refractivity contribution in [3.8, 4) is 0 Å². The average Bonchev–Trinajstić information content (AvgIpc) is 2.73. The van der Waals surface area contributed by atoms with Crippen molar-refractivity contribution in [2.24, 2.45) is 0 Å². The predicted molar refractivity (Wildman–Crippen MR) is 95.1 cm³/mol. The smallest absolute Gasteiger partial charge is 0.267 e. The highest BCUT2D eigenvalue weighted by molar-refractivity contribution is 8.03. The summed E-state index contributed by atoms with van der Waals surface area (Å²) in [6.45, 7) is 4.72. The fourth-order valence-electron chi connectivity index (χ4n) is 2.42. The van der Waals surface area contributed by atoms with Crippen LogP contribution < -0.4 is 5.32 Å². The molecule has 1 unspecified atom stereocenters. The lowest BCUT2D eigenvalue weighted by Gasteiger charge is -2.23. The van der Waals surface area contributed by atoms with Gasteiger partial charge in [0.2, 0.25) is 5.91 Å². The summed E-state index contributed by atoms with van der Waals surface area (Å²) < 4.78 is 0. The van der Waals surface area contributed by atoms with Crippen LogP contribution in [0.4, 0.5) is 0 Å². The van der Waals surface area contributed by atoms with Crippen LogP contribution in [0.5, 0.6) is 0 Å². The van der Waals surface area contributed by atoms with E-state index in [2.05, 4.69) is 5.32 Å². The number of nitrogens with zero attached hydrogens (tertiary/aromatic N) is 1. The molecule has 124 valence electrons. The number of carbonyl (C=O) groups excluding carboxylic acids is 2. The normalized spacial score (nSPS) is 17.8. The molecule has 2 rings (SSSR count). The molecule has 2 amide bonds. The minimum atomic E-state index is -0.104. The predicted octanol–water partition coefficient (Wildman–Crippen LogP) is 3.13. The van der Waals surface area contributed by atoms with Gasteiger partial charge in [-0.05, 0) is 24.7 Å². The molecule has 23 heavy (non-hydrogen) atoms. The average molecular weight is 353 g/mol. The van der Waals surface area contributed by atoms with E-state index < -0.39 is 0 Å². The van der Waals surface area contributed by atoms with Crippen LogP contribution in [0, 0.1) is 0 Å². The van der Waals surface area contributed by atoms with Crippen LogP contribution in [0.3, 0.4) is 0 Å². The monoisotopic (exact) mass is 352 g/mol. The Morgan fingerprint density at radius 3 is 2.70 bits per heavy atom. The summed E-state index contributed by atoms with van der Waals surface area (Å²) in [5.74, 6) is 0.695. The molecular formula is C17H21ClN2O2S. The van der Waals surface area contributed by atoms with Crippen molar-refractivity contribution in [3.05, 3.63) is 45.8 Å². The topological polar surface area (TPSA) is 49.4 Å². The van der Waals surface area contributed by atoms with Gasteiger partial charge in [0.1, 0.15) is 5.03 Å². The second-order valence-electron chi connectivity index (χ2n) is 5.46. The van der Waals surface area contributed by atoms with Crippen molar-refractivity contribution in [2.75, 3.05) is 12.3 Å². The number of thioether (sulfide) groups is 1. The number of benzene rings is 1. The first kappa shape index (κ1) is 17.9. The van der Waals surface area contributed by atoms with Crippen LogP contribution in [-0.2, 0) is 16.1 Å². The SMILES string of the molecule is CC(=O)NCCCSC1=C(Cl)C(=O)N(Cc2ccccc2)C1C. The second kappa shape index (κ2) is 8.41. The standard InChI is InChI=1S/C17H21ClN2O2S/c1-12-16(23-10-6-9-19-13(2)21)15(18)17(22)20(12)11-14-7-4-3-5-8-14/h3-5,7-8,12H,6,9-11H2,1-2H3,(H,19,21).